The summed E-state index contributed by atoms with van der Waals surface area (Å²) in [4.78, 5) is 31.0. The minimum Gasteiger partial charge on any atom is -0.465 e. The summed E-state index contributed by atoms with van der Waals surface area (Å²) < 4.78 is 10.6. The molecule has 0 saturated heterocycles. The number of ketones is 1. The van der Waals surface area contributed by atoms with Gasteiger partial charge in [0.2, 0.25) is 0 Å². The molecule has 0 aliphatic rings. The Kier molecular flexibility index (Phi) is 5.48. The number of hydrogen-bond acceptors (Lipinski definition) is 5. The maximum absolute atomic E-state index is 11.9. The number of imidazole rings is 1. The lowest BCUT2D eigenvalue weighted by molar-refractivity contribution is 0.0599. The van der Waals surface area contributed by atoms with Crippen molar-refractivity contribution in [1.82, 2.24) is 9.97 Å². The Morgan fingerprint density at radius 1 is 1.03 bits per heavy atom. The molecule has 0 saturated carbocycles. The number of methoxy groups -OCH3 is 1. The van der Waals surface area contributed by atoms with Crippen molar-refractivity contribution in [2.24, 2.45) is 0 Å². The van der Waals surface area contributed by atoms with E-state index in [1.807, 2.05) is 25.1 Å². The zero-order valence-electron chi connectivity index (χ0n) is 17.2. The van der Waals surface area contributed by atoms with Crippen LogP contribution >= 0.6 is 11.6 Å². The molecule has 1 aromatic heterocycles. The van der Waals surface area contributed by atoms with Gasteiger partial charge >= 0.3 is 5.97 Å². The highest BCUT2D eigenvalue weighted by Gasteiger charge is 2.14. The van der Waals surface area contributed by atoms with E-state index in [4.69, 9.17) is 21.1 Å². The fourth-order valence-electron chi connectivity index (χ4n) is 3.27. The number of esters is 1. The van der Waals surface area contributed by atoms with Crippen LogP contribution < -0.4 is 4.74 Å². The summed E-state index contributed by atoms with van der Waals surface area (Å²) in [5, 5.41) is 0.543. The van der Waals surface area contributed by atoms with Gasteiger partial charge in [-0.05, 0) is 49.2 Å². The molecule has 0 atom stereocenters. The minimum atomic E-state index is -0.431. The van der Waals surface area contributed by atoms with Gasteiger partial charge in [-0.15, -0.1) is 0 Å². The average molecular weight is 435 g/mol. The number of carbonyl (C=O) groups is 2. The van der Waals surface area contributed by atoms with Gasteiger partial charge in [0, 0.05) is 11.1 Å². The van der Waals surface area contributed by atoms with Crippen molar-refractivity contribution in [3.05, 3.63) is 76.3 Å². The van der Waals surface area contributed by atoms with Crippen molar-refractivity contribution in [3.63, 3.8) is 0 Å². The third-order valence-electron chi connectivity index (χ3n) is 4.98. The van der Waals surface area contributed by atoms with Gasteiger partial charge in [0.25, 0.3) is 6.01 Å². The minimum absolute atomic E-state index is 0.00801. The van der Waals surface area contributed by atoms with Gasteiger partial charge in [-0.25, -0.2) is 4.79 Å². The molecular weight excluding hydrogens is 416 g/mol. The van der Waals surface area contributed by atoms with Crippen molar-refractivity contribution in [1.29, 1.82) is 0 Å². The summed E-state index contributed by atoms with van der Waals surface area (Å²) in [6, 6.07) is 16.3. The highest BCUT2D eigenvalue weighted by atomic mass is 35.5. The summed E-state index contributed by atoms with van der Waals surface area (Å²) in [5.74, 6) is 0.0321. The molecule has 0 aliphatic carbocycles. The molecule has 0 aliphatic heterocycles. The first-order chi connectivity index (χ1) is 14.9. The first-order valence-electron chi connectivity index (χ1n) is 9.53. The monoisotopic (exact) mass is 434 g/mol. The number of rotatable bonds is 5. The van der Waals surface area contributed by atoms with E-state index in [-0.39, 0.29) is 11.8 Å². The molecule has 0 bridgehead atoms. The van der Waals surface area contributed by atoms with Crippen molar-refractivity contribution in [2.45, 2.75) is 13.8 Å². The first-order valence-corrected chi connectivity index (χ1v) is 9.91. The van der Waals surface area contributed by atoms with Gasteiger partial charge in [0.15, 0.2) is 5.78 Å². The van der Waals surface area contributed by atoms with E-state index in [0.717, 1.165) is 16.7 Å². The molecule has 31 heavy (non-hydrogen) atoms. The molecule has 6 nitrogen and oxygen atoms in total. The van der Waals surface area contributed by atoms with Gasteiger partial charge in [0.05, 0.1) is 28.7 Å². The Morgan fingerprint density at radius 2 is 1.77 bits per heavy atom. The summed E-state index contributed by atoms with van der Waals surface area (Å²) in [6.07, 6.45) is 0. The number of nitrogens with zero attached hydrogens (tertiary/aromatic N) is 1. The summed E-state index contributed by atoms with van der Waals surface area (Å²) >= 11 is 6.49. The zero-order valence-corrected chi connectivity index (χ0v) is 17.9. The second-order valence-corrected chi connectivity index (χ2v) is 7.50. The predicted octanol–water partition coefficient (Wildman–Crippen LogP) is 5.97. The summed E-state index contributed by atoms with van der Waals surface area (Å²) in [7, 11) is 1.34. The standard InChI is InChI=1S/C24H19ClN2O4/c1-13-4-9-17(10-18(13)23(29)30-3)31-24-26-21-11-19(20(25)12-22(21)27-24)16-7-5-15(6-8-16)14(2)28/h4-12H,1-3H3,(H,26,27). The number of benzene rings is 3. The Balaban J connectivity index is 1.66. The fourth-order valence-corrected chi connectivity index (χ4v) is 3.54. The van der Waals surface area contributed by atoms with E-state index in [1.54, 1.807) is 36.4 Å². The van der Waals surface area contributed by atoms with Crippen molar-refractivity contribution in [3.8, 4) is 22.9 Å². The second kappa shape index (κ2) is 8.24. The SMILES string of the molecule is COC(=O)c1cc(Oc2nc3cc(-c4ccc(C(C)=O)cc4)c(Cl)cc3[nH]2)ccc1C. The fraction of sp³-hybridized carbons (Fsp3) is 0.125. The smallest absolute Gasteiger partial charge is 0.338 e. The van der Waals surface area contributed by atoms with E-state index in [1.165, 1.54) is 14.0 Å². The topological polar surface area (TPSA) is 81.3 Å². The quantitative estimate of drug-likeness (QED) is 0.309. The van der Waals surface area contributed by atoms with Crippen LogP contribution in [0.1, 0.15) is 33.2 Å². The molecule has 0 unspecified atom stereocenters. The molecule has 0 amide bonds. The Labute approximate surface area is 183 Å². The molecular formula is C24H19ClN2O4. The van der Waals surface area contributed by atoms with E-state index in [9.17, 15) is 9.59 Å². The van der Waals surface area contributed by atoms with E-state index >= 15 is 0 Å². The average Bonchev–Trinajstić information content (AvgIpc) is 3.14. The molecule has 156 valence electrons. The Bertz CT molecular complexity index is 1310. The molecule has 1 heterocycles. The lowest BCUT2D eigenvalue weighted by Gasteiger charge is -2.07. The van der Waals surface area contributed by atoms with Crippen molar-refractivity contribution >= 4 is 34.4 Å². The van der Waals surface area contributed by atoms with Crippen LogP contribution in [0.4, 0.5) is 0 Å². The van der Waals surface area contributed by atoms with Crippen molar-refractivity contribution in [2.75, 3.05) is 7.11 Å². The third kappa shape index (κ3) is 4.15. The number of ether oxygens (including phenoxy) is 2. The van der Waals surface area contributed by atoms with E-state index < -0.39 is 5.97 Å². The van der Waals surface area contributed by atoms with Crippen LogP contribution in [0.3, 0.4) is 0 Å². The zero-order chi connectivity index (χ0) is 22.1. The molecule has 3 aromatic carbocycles. The largest absolute Gasteiger partial charge is 0.465 e. The molecule has 4 rings (SSSR count). The maximum atomic E-state index is 11.9. The molecule has 1 N–H and O–H groups in total. The molecule has 0 fully saturated rings. The number of halogens is 1. The van der Waals surface area contributed by atoms with Gasteiger partial charge in [0.1, 0.15) is 5.75 Å². The van der Waals surface area contributed by atoms with Crippen LogP contribution in [-0.4, -0.2) is 28.8 Å². The van der Waals surface area contributed by atoms with Gasteiger partial charge in [-0.3, -0.25) is 4.79 Å². The van der Waals surface area contributed by atoms with Crippen LogP contribution in [0.25, 0.3) is 22.2 Å². The van der Waals surface area contributed by atoms with Gasteiger partial charge in [-0.2, -0.15) is 4.98 Å². The second-order valence-electron chi connectivity index (χ2n) is 7.10. The Hall–Kier alpha value is -3.64. The molecule has 0 spiro atoms. The first kappa shape index (κ1) is 20.6. The van der Waals surface area contributed by atoms with Crippen molar-refractivity contribution < 1.29 is 19.1 Å². The van der Waals surface area contributed by atoms with Crippen LogP contribution in [0, 0.1) is 6.92 Å². The number of carbonyl (C=O) groups excluding carboxylic acids is 2. The van der Waals surface area contributed by atoms with Crippen LogP contribution in [-0.2, 0) is 4.74 Å². The predicted molar refractivity (Wildman–Crippen MR) is 119 cm³/mol. The molecule has 7 heteroatoms. The molecule has 4 aromatic rings. The molecule has 0 radical (unpaired) electrons. The lowest BCUT2D eigenvalue weighted by atomic mass is 10.0. The number of Topliss-reactive ketones (excluding diaryl/α,β-unsaturated/α-hetero) is 1. The number of hydrogen-bond donors (Lipinski definition) is 1. The van der Waals surface area contributed by atoms with Gasteiger partial charge in [-0.1, -0.05) is 41.9 Å². The number of H-pyrrole nitrogens is 1. The summed E-state index contributed by atoms with van der Waals surface area (Å²) in [6.45, 7) is 3.35. The highest BCUT2D eigenvalue weighted by molar-refractivity contribution is 6.34. The van der Waals surface area contributed by atoms with E-state index in [2.05, 4.69) is 9.97 Å². The highest BCUT2D eigenvalue weighted by Crippen LogP contribution is 2.33. The maximum Gasteiger partial charge on any atom is 0.338 e. The third-order valence-corrected chi connectivity index (χ3v) is 5.29. The number of aromatic amines is 1. The number of aryl methyl sites for hydroxylation is 1. The normalized spacial score (nSPS) is 10.8. The van der Waals surface area contributed by atoms with Crippen LogP contribution in [0.15, 0.2) is 54.6 Å². The van der Waals surface area contributed by atoms with E-state index in [0.29, 0.717) is 32.9 Å². The van der Waals surface area contributed by atoms with Gasteiger partial charge < -0.3 is 14.5 Å². The van der Waals surface area contributed by atoms with Crippen LogP contribution in [0.5, 0.6) is 11.8 Å². The summed E-state index contributed by atoms with van der Waals surface area (Å²) in [5.41, 5.74) is 4.91. The lowest BCUT2D eigenvalue weighted by Crippen LogP contribution is -2.04. The number of nitrogens with one attached hydrogen (secondary N) is 1. The number of aromatic nitrogens is 2. The Morgan fingerprint density at radius 3 is 2.45 bits per heavy atom. The van der Waals surface area contributed by atoms with Crippen LogP contribution in [0.2, 0.25) is 5.02 Å². The number of fused-ring (bicyclic) bond motifs is 1.